The summed E-state index contributed by atoms with van der Waals surface area (Å²) in [5.41, 5.74) is 0.881. The van der Waals surface area contributed by atoms with Gasteiger partial charge in [0, 0.05) is 18.7 Å². The van der Waals surface area contributed by atoms with E-state index in [1.807, 2.05) is 18.7 Å². The molecule has 4 amide bonds. The maximum atomic E-state index is 13.0. The van der Waals surface area contributed by atoms with Crippen LogP contribution in [-0.4, -0.2) is 52.8 Å². The maximum absolute atomic E-state index is 13.0. The van der Waals surface area contributed by atoms with Gasteiger partial charge in [-0.1, -0.05) is 25.2 Å². The van der Waals surface area contributed by atoms with E-state index < -0.39 is 5.54 Å². The molecule has 0 saturated carbocycles. The van der Waals surface area contributed by atoms with Gasteiger partial charge in [-0.15, -0.1) is 0 Å². The van der Waals surface area contributed by atoms with Gasteiger partial charge in [0.1, 0.15) is 5.54 Å². The highest BCUT2D eigenvalue weighted by Crippen LogP contribution is 2.36. The van der Waals surface area contributed by atoms with Crippen molar-refractivity contribution in [2.75, 3.05) is 19.6 Å². The first-order chi connectivity index (χ1) is 12.4. The Labute approximate surface area is 155 Å². The highest BCUT2D eigenvalue weighted by molar-refractivity contribution is 6.07. The zero-order chi connectivity index (χ0) is 18.9. The first-order valence-electron chi connectivity index (χ1n) is 9.66. The minimum absolute atomic E-state index is 0.0562. The molecule has 2 fully saturated rings. The fraction of sp³-hybridized carbons (Fsp3) is 0.650. The second-order valence-electron chi connectivity index (χ2n) is 7.79. The van der Waals surface area contributed by atoms with Crippen LogP contribution in [0.15, 0.2) is 23.8 Å². The van der Waals surface area contributed by atoms with Gasteiger partial charge in [-0.25, -0.2) is 4.79 Å². The van der Waals surface area contributed by atoms with Gasteiger partial charge in [-0.3, -0.25) is 14.5 Å². The number of nitrogens with zero attached hydrogens (tertiary/aromatic N) is 2. The molecule has 2 saturated heterocycles. The highest BCUT2D eigenvalue weighted by Gasteiger charge is 2.54. The van der Waals surface area contributed by atoms with E-state index in [1.165, 1.54) is 4.90 Å². The number of hydrogen-bond acceptors (Lipinski definition) is 3. The van der Waals surface area contributed by atoms with E-state index in [-0.39, 0.29) is 30.3 Å². The van der Waals surface area contributed by atoms with Crippen molar-refractivity contribution in [2.24, 2.45) is 5.92 Å². The second kappa shape index (κ2) is 7.25. The van der Waals surface area contributed by atoms with Crippen LogP contribution in [-0.2, 0) is 9.59 Å². The van der Waals surface area contributed by atoms with Crippen molar-refractivity contribution in [2.45, 2.75) is 57.9 Å². The van der Waals surface area contributed by atoms with Crippen molar-refractivity contribution in [3.8, 4) is 0 Å². The number of likely N-dealkylation sites (tertiary alicyclic amines) is 1. The van der Waals surface area contributed by atoms with Crippen molar-refractivity contribution < 1.29 is 14.4 Å². The van der Waals surface area contributed by atoms with Gasteiger partial charge in [0.05, 0.1) is 6.54 Å². The lowest BCUT2D eigenvalue weighted by Crippen LogP contribution is -2.56. The number of allylic oxidation sites excluding steroid dienone is 1. The largest absolute Gasteiger partial charge is 0.339 e. The van der Waals surface area contributed by atoms with E-state index in [1.54, 1.807) is 0 Å². The normalized spacial score (nSPS) is 26.9. The van der Waals surface area contributed by atoms with Crippen LogP contribution in [0.25, 0.3) is 0 Å². The van der Waals surface area contributed by atoms with Crippen LogP contribution in [0.1, 0.15) is 52.4 Å². The van der Waals surface area contributed by atoms with Gasteiger partial charge in [-0.2, -0.15) is 0 Å². The summed E-state index contributed by atoms with van der Waals surface area (Å²) in [6, 6.07) is -0.325. The number of carbonyl (C=O) groups excluding carboxylic acids is 3. The molecule has 1 unspecified atom stereocenters. The molecule has 0 aromatic rings. The third-order valence-corrected chi connectivity index (χ3v) is 5.98. The number of rotatable bonds is 5. The molecule has 3 rings (SSSR count). The summed E-state index contributed by atoms with van der Waals surface area (Å²) in [6.07, 6.45) is 7.03. The first-order valence-corrected chi connectivity index (χ1v) is 9.66. The molecule has 0 aromatic carbocycles. The Hall–Kier alpha value is -2.11. The summed E-state index contributed by atoms with van der Waals surface area (Å²) < 4.78 is 0. The van der Waals surface area contributed by atoms with E-state index in [0.717, 1.165) is 43.3 Å². The Morgan fingerprint density at radius 1 is 1.35 bits per heavy atom. The Kier molecular flexibility index (Phi) is 5.21. The Morgan fingerprint density at radius 2 is 2.04 bits per heavy atom. The van der Waals surface area contributed by atoms with Gasteiger partial charge in [0.15, 0.2) is 0 Å². The summed E-state index contributed by atoms with van der Waals surface area (Å²) in [5.74, 6) is 0.0640. The molecule has 0 aromatic heterocycles. The first kappa shape index (κ1) is 18.7. The SMILES string of the molecule is C=C(C)CN1C(=O)NC(CC)(C2CCN(C(=O)C3=CCCC3)CC2)C1=O. The van der Waals surface area contributed by atoms with Crippen LogP contribution in [0.4, 0.5) is 4.79 Å². The van der Waals surface area contributed by atoms with E-state index in [2.05, 4.69) is 18.0 Å². The predicted octanol–water partition coefficient (Wildman–Crippen LogP) is 2.61. The average molecular weight is 359 g/mol. The third kappa shape index (κ3) is 3.17. The van der Waals surface area contributed by atoms with E-state index in [4.69, 9.17) is 0 Å². The Bertz CT molecular complexity index is 661. The molecule has 142 valence electrons. The number of amides is 4. The van der Waals surface area contributed by atoms with Crippen LogP contribution in [0.3, 0.4) is 0 Å². The minimum atomic E-state index is -0.839. The summed E-state index contributed by atoms with van der Waals surface area (Å²) in [4.78, 5) is 41.2. The lowest BCUT2D eigenvalue weighted by Gasteiger charge is -2.40. The molecule has 6 heteroatoms. The summed E-state index contributed by atoms with van der Waals surface area (Å²) in [6.45, 7) is 9.13. The molecule has 1 aliphatic carbocycles. The van der Waals surface area contributed by atoms with Gasteiger partial charge < -0.3 is 10.2 Å². The van der Waals surface area contributed by atoms with Gasteiger partial charge in [0.25, 0.3) is 5.91 Å². The molecule has 0 radical (unpaired) electrons. The minimum Gasteiger partial charge on any atom is -0.339 e. The second-order valence-corrected chi connectivity index (χ2v) is 7.79. The number of carbonyl (C=O) groups is 3. The smallest absolute Gasteiger partial charge is 0.325 e. The monoisotopic (exact) mass is 359 g/mol. The standard InChI is InChI=1S/C20H29N3O3/c1-4-20(18(25)23(13-14(2)3)19(26)21-20)16-9-11-22(12-10-16)17(24)15-7-5-6-8-15/h7,16H,2,4-6,8-13H2,1,3H3,(H,21,26). The van der Waals surface area contributed by atoms with Crippen molar-refractivity contribution in [3.63, 3.8) is 0 Å². The van der Waals surface area contributed by atoms with Crippen molar-refractivity contribution >= 4 is 17.8 Å². The quantitative estimate of drug-likeness (QED) is 0.606. The highest BCUT2D eigenvalue weighted by atomic mass is 16.2. The molecule has 2 heterocycles. The summed E-state index contributed by atoms with van der Waals surface area (Å²) in [7, 11) is 0. The maximum Gasteiger partial charge on any atom is 0.325 e. The third-order valence-electron chi connectivity index (χ3n) is 5.98. The number of nitrogens with one attached hydrogen (secondary N) is 1. The molecule has 0 spiro atoms. The lowest BCUT2D eigenvalue weighted by atomic mass is 9.75. The topological polar surface area (TPSA) is 69.7 Å². The Morgan fingerprint density at radius 3 is 2.58 bits per heavy atom. The molecule has 6 nitrogen and oxygen atoms in total. The lowest BCUT2D eigenvalue weighted by molar-refractivity contribution is -0.134. The molecule has 1 atom stereocenters. The molecule has 1 N–H and O–H groups in total. The van der Waals surface area contributed by atoms with Crippen LogP contribution in [0.5, 0.6) is 0 Å². The van der Waals surface area contributed by atoms with Crippen LogP contribution in [0, 0.1) is 5.92 Å². The van der Waals surface area contributed by atoms with Crippen LogP contribution < -0.4 is 5.32 Å². The van der Waals surface area contributed by atoms with Crippen molar-refractivity contribution in [1.29, 1.82) is 0 Å². The molecule has 2 aliphatic heterocycles. The number of hydrogen-bond donors (Lipinski definition) is 1. The number of piperidine rings is 1. The summed E-state index contributed by atoms with van der Waals surface area (Å²) in [5, 5.41) is 2.97. The fourth-order valence-corrected chi connectivity index (χ4v) is 4.51. The molecule has 0 bridgehead atoms. The van der Waals surface area contributed by atoms with E-state index in [0.29, 0.717) is 19.5 Å². The number of urea groups is 1. The average Bonchev–Trinajstić information content (AvgIpc) is 3.24. The summed E-state index contributed by atoms with van der Waals surface area (Å²) >= 11 is 0. The predicted molar refractivity (Wildman–Crippen MR) is 99.3 cm³/mol. The van der Waals surface area contributed by atoms with Gasteiger partial charge in [0.2, 0.25) is 5.91 Å². The van der Waals surface area contributed by atoms with Gasteiger partial charge in [-0.05, 0) is 51.4 Å². The van der Waals surface area contributed by atoms with Crippen molar-refractivity contribution in [1.82, 2.24) is 15.1 Å². The van der Waals surface area contributed by atoms with Gasteiger partial charge >= 0.3 is 6.03 Å². The Balaban J connectivity index is 1.69. The molecule has 3 aliphatic rings. The van der Waals surface area contributed by atoms with Crippen molar-refractivity contribution in [3.05, 3.63) is 23.8 Å². The fourth-order valence-electron chi connectivity index (χ4n) is 4.51. The van der Waals surface area contributed by atoms with E-state index in [9.17, 15) is 14.4 Å². The molecular formula is C20H29N3O3. The van der Waals surface area contributed by atoms with Crippen LogP contribution >= 0.6 is 0 Å². The number of imide groups is 1. The molecular weight excluding hydrogens is 330 g/mol. The van der Waals surface area contributed by atoms with E-state index >= 15 is 0 Å². The zero-order valence-corrected chi connectivity index (χ0v) is 15.8. The van der Waals surface area contributed by atoms with Crippen LogP contribution in [0.2, 0.25) is 0 Å². The zero-order valence-electron chi connectivity index (χ0n) is 15.8. The molecule has 26 heavy (non-hydrogen) atoms.